The van der Waals surface area contributed by atoms with E-state index in [-0.39, 0.29) is 24.4 Å². The third-order valence-electron chi connectivity index (χ3n) is 6.42. The Hall–Kier alpha value is -3.20. The van der Waals surface area contributed by atoms with Crippen LogP contribution in [0.3, 0.4) is 0 Å². The van der Waals surface area contributed by atoms with Crippen LogP contribution in [0.4, 0.5) is 4.79 Å². The zero-order valence-electron chi connectivity index (χ0n) is 17.1. The van der Waals surface area contributed by atoms with Crippen molar-refractivity contribution in [3.8, 4) is 0 Å². The van der Waals surface area contributed by atoms with Gasteiger partial charge in [-0.1, -0.05) is 54.6 Å². The Morgan fingerprint density at radius 3 is 2.59 bits per heavy atom. The second kappa shape index (κ2) is 8.05. The van der Waals surface area contributed by atoms with Crippen LogP contribution in [0.15, 0.2) is 63.8 Å². The van der Waals surface area contributed by atoms with Gasteiger partial charge >= 0.3 is 11.1 Å². The maximum atomic E-state index is 13.3. The van der Waals surface area contributed by atoms with E-state index in [1.165, 1.54) is 0 Å². The van der Waals surface area contributed by atoms with Gasteiger partial charge in [0.05, 0.1) is 5.25 Å². The molecular formula is C23H22N2O6S. The molecule has 0 aliphatic heterocycles. The number of nitrogens with one attached hydrogen (secondary N) is 1. The van der Waals surface area contributed by atoms with Crippen molar-refractivity contribution in [2.24, 2.45) is 11.8 Å². The quantitative estimate of drug-likeness (QED) is 0.586. The van der Waals surface area contributed by atoms with Crippen LogP contribution in [0.5, 0.6) is 0 Å². The SMILES string of the molecule is O=C(OCc1ccccc1)S(=O)(=O)C1C[C@H](C2CC2c2n[nH]c(=O)o2)Cc2ccccc21. The van der Waals surface area contributed by atoms with Gasteiger partial charge in [0.1, 0.15) is 6.61 Å². The lowest BCUT2D eigenvalue weighted by Gasteiger charge is -2.31. The number of benzene rings is 2. The molecule has 3 unspecified atom stereocenters. The Morgan fingerprint density at radius 1 is 1.09 bits per heavy atom. The van der Waals surface area contributed by atoms with Crippen molar-refractivity contribution in [2.75, 3.05) is 0 Å². The number of fused-ring (bicyclic) bond motifs is 1. The number of hydrogen-bond donors (Lipinski definition) is 1. The lowest BCUT2D eigenvalue weighted by Crippen LogP contribution is -2.30. The zero-order valence-corrected chi connectivity index (χ0v) is 18.0. The number of hydrogen-bond acceptors (Lipinski definition) is 7. The van der Waals surface area contributed by atoms with Crippen LogP contribution in [0.25, 0.3) is 0 Å². The molecule has 4 atom stereocenters. The summed E-state index contributed by atoms with van der Waals surface area (Å²) in [5.74, 6) is -0.0779. The van der Waals surface area contributed by atoms with Crippen LogP contribution >= 0.6 is 0 Å². The van der Waals surface area contributed by atoms with Crippen molar-refractivity contribution in [1.82, 2.24) is 10.2 Å². The summed E-state index contributed by atoms with van der Waals surface area (Å²) >= 11 is 0. The van der Waals surface area contributed by atoms with E-state index in [1.807, 2.05) is 18.2 Å². The van der Waals surface area contributed by atoms with Crippen LogP contribution in [0, 0.1) is 11.8 Å². The summed E-state index contributed by atoms with van der Waals surface area (Å²) in [5.41, 5.74) is 2.30. The van der Waals surface area contributed by atoms with E-state index in [2.05, 4.69) is 10.2 Å². The second-order valence-corrected chi connectivity index (χ2v) is 10.4. The summed E-state index contributed by atoms with van der Waals surface area (Å²) in [6.45, 7) is -0.0976. The van der Waals surface area contributed by atoms with Gasteiger partial charge in [0.2, 0.25) is 5.89 Å². The summed E-state index contributed by atoms with van der Waals surface area (Å²) in [4.78, 5) is 23.9. The molecule has 8 nitrogen and oxygen atoms in total. The molecule has 0 bridgehead atoms. The molecule has 1 aromatic heterocycles. The smallest absolute Gasteiger partial charge is 0.434 e. The predicted octanol–water partition coefficient (Wildman–Crippen LogP) is 3.52. The number of carbonyl (C=O) groups is 1. The molecule has 2 aliphatic carbocycles. The van der Waals surface area contributed by atoms with Gasteiger partial charge < -0.3 is 9.15 Å². The number of sulfone groups is 1. The minimum Gasteiger partial charge on any atom is -0.449 e. The fourth-order valence-corrected chi connectivity index (χ4v) is 6.28. The maximum absolute atomic E-state index is 13.3. The largest absolute Gasteiger partial charge is 0.449 e. The highest BCUT2D eigenvalue weighted by molar-refractivity contribution is 8.05. The normalized spacial score (nSPS) is 24.5. The zero-order chi connectivity index (χ0) is 22.3. The highest BCUT2D eigenvalue weighted by Gasteiger charge is 2.51. The summed E-state index contributed by atoms with van der Waals surface area (Å²) in [7, 11) is -4.22. The van der Waals surface area contributed by atoms with Crippen LogP contribution in [0.1, 0.15) is 46.6 Å². The molecule has 0 spiro atoms. The van der Waals surface area contributed by atoms with E-state index in [0.29, 0.717) is 24.3 Å². The van der Waals surface area contributed by atoms with E-state index in [4.69, 9.17) is 9.15 Å². The van der Waals surface area contributed by atoms with Crippen molar-refractivity contribution in [3.05, 3.63) is 87.7 Å². The third-order valence-corrected chi connectivity index (χ3v) is 8.20. The highest BCUT2D eigenvalue weighted by atomic mass is 32.2. The Morgan fingerprint density at radius 2 is 1.84 bits per heavy atom. The molecule has 9 heteroatoms. The number of rotatable bonds is 5. The fraction of sp³-hybridized carbons (Fsp3) is 0.348. The number of aromatic amines is 1. The van der Waals surface area contributed by atoms with Gasteiger partial charge in [0.15, 0.2) is 0 Å². The van der Waals surface area contributed by atoms with Crippen molar-refractivity contribution >= 4 is 15.1 Å². The maximum Gasteiger partial charge on any atom is 0.434 e. The van der Waals surface area contributed by atoms with E-state index >= 15 is 0 Å². The molecule has 0 radical (unpaired) electrons. The molecule has 2 aliphatic rings. The molecule has 3 aromatic rings. The van der Waals surface area contributed by atoms with Crippen LogP contribution in [-0.2, 0) is 27.6 Å². The van der Waals surface area contributed by atoms with Crippen LogP contribution in [0.2, 0.25) is 0 Å². The molecule has 166 valence electrons. The molecule has 32 heavy (non-hydrogen) atoms. The van der Waals surface area contributed by atoms with Crippen molar-refractivity contribution in [3.63, 3.8) is 0 Å². The third kappa shape index (κ3) is 3.88. The van der Waals surface area contributed by atoms with Crippen molar-refractivity contribution < 1.29 is 22.4 Å². The topological polar surface area (TPSA) is 119 Å². The molecule has 1 saturated carbocycles. The fourth-order valence-electron chi connectivity index (χ4n) is 4.76. The van der Waals surface area contributed by atoms with Crippen molar-refractivity contribution in [2.45, 2.75) is 37.0 Å². The lowest BCUT2D eigenvalue weighted by molar-refractivity contribution is 0.165. The van der Waals surface area contributed by atoms with Gasteiger partial charge in [0, 0.05) is 5.92 Å². The summed E-state index contributed by atoms with van der Waals surface area (Å²) < 4.78 is 36.8. The Kier molecular flexibility index (Phi) is 5.21. The molecule has 1 fully saturated rings. The standard InChI is InChI=1S/C23H22N2O6S/c26-22-25-24-21(31-22)19-12-18(19)16-10-15-8-4-5-9-17(15)20(11-16)32(28,29)23(27)30-13-14-6-2-1-3-7-14/h1-9,16,18-20H,10-13H2,(H,25,26)/t16-,18?,19?,20?/m1/s1. The molecule has 1 N–H and O–H groups in total. The first kappa shape index (κ1) is 20.7. The summed E-state index contributed by atoms with van der Waals surface area (Å²) in [5, 5.41) is 4.03. The molecule has 2 aromatic carbocycles. The van der Waals surface area contributed by atoms with Crippen LogP contribution in [-0.4, -0.2) is 23.9 Å². The van der Waals surface area contributed by atoms with Gasteiger partial charge in [-0.2, -0.15) is 0 Å². The number of ether oxygens (including phenoxy) is 1. The Labute approximate surface area is 184 Å². The van der Waals surface area contributed by atoms with E-state index < -0.39 is 26.1 Å². The highest BCUT2D eigenvalue weighted by Crippen LogP contribution is 2.56. The van der Waals surface area contributed by atoms with Gasteiger partial charge in [0.25, 0.3) is 9.84 Å². The van der Waals surface area contributed by atoms with Gasteiger partial charge in [-0.15, -0.1) is 5.10 Å². The number of carbonyl (C=O) groups excluding carboxylic acids is 1. The number of nitrogens with zero attached hydrogens (tertiary/aromatic N) is 1. The molecule has 5 rings (SSSR count). The molecule has 0 amide bonds. The molecule has 0 saturated heterocycles. The monoisotopic (exact) mass is 454 g/mol. The van der Waals surface area contributed by atoms with E-state index in [9.17, 15) is 18.0 Å². The minimum atomic E-state index is -4.22. The van der Waals surface area contributed by atoms with Crippen molar-refractivity contribution in [1.29, 1.82) is 0 Å². The first-order chi connectivity index (χ1) is 15.4. The van der Waals surface area contributed by atoms with E-state index in [0.717, 1.165) is 17.5 Å². The first-order valence-corrected chi connectivity index (χ1v) is 12.1. The minimum absolute atomic E-state index is 0.0161. The summed E-state index contributed by atoms with van der Waals surface area (Å²) in [6.07, 6.45) is 1.79. The van der Waals surface area contributed by atoms with Gasteiger partial charge in [-0.3, -0.25) is 0 Å². The average molecular weight is 455 g/mol. The molecule has 1 heterocycles. The van der Waals surface area contributed by atoms with E-state index in [1.54, 1.807) is 36.4 Å². The number of aromatic nitrogens is 2. The number of H-pyrrole nitrogens is 1. The lowest BCUT2D eigenvalue weighted by atomic mass is 9.80. The van der Waals surface area contributed by atoms with Gasteiger partial charge in [-0.05, 0) is 47.8 Å². The Bertz CT molecular complexity index is 1300. The van der Waals surface area contributed by atoms with Gasteiger partial charge in [-0.25, -0.2) is 23.1 Å². The van der Waals surface area contributed by atoms with Crippen LogP contribution < -0.4 is 5.76 Å². The summed E-state index contributed by atoms with van der Waals surface area (Å²) in [6, 6.07) is 16.3. The predicted molar refractivity (Wildman–Crippen MR) is 115 cm³/mol. The average Bonchev–Trinajstić information content (AvgIpc) is 3.50. The molecular weight excluding hydrogens is 432 g/mol. The Balaban J connectivity index is 1.37. The second-order valence-electron chi connectivity index (χ2n) is 8.41. The first-order valence-electron chi connectivity index (χ1n) is 10.5.